The second-order valence-electron chi connectivity index (χ2n) is 2.56. The fourth-order valence-electron chi connectivity index (χ4n) is 1.12. The van der Waals surface area contributed by atoms with Gasteiger partial charge in [-0.15, -0.1) is 0 Å². The van der Waals surface area contributed by atoms with Gasteiger partial charge in [-0.1, -0.05) is 29.8 Å². The lowest BCUT2D eigenvalue weighted by Gasteiger charge is -1.99. The molecule has 0 spiro atoms. The van der Waals surface area contributed by atoms with E-state index >= 15 is 0 Å². The lowest BCUT2D eigenvalue weighted by atomic mass is 10.1. The van der Waals surface area contributed by atoms with Crippen molar-refractivity contribution in [1.82, 2.24) is 10.2 Å². The van der Waals surface area contributed by atoms with E-state index in [1.807, 2.05) is 24.3 Å². The molecule has 1 aromatic carbocycles. The van der Waals surface area contributed by atoms with Crippen molar-refractivity contribution in [2.24, 2.45) is 0 Å². The van der Waals surface area contributed by atoms with Gasteiger partial charge in [-0.2, -0.15) is 5.10 Å². The Morgan fingerprint density at radius 3 is 2.69 bits per heavy atom. The molecule has 0 fully saturated rings. The van der Waals surface area contributed by atoms with Crippen molar-refractivity contribution in [3.05, 3.63) is 40.0 Å². The van der Waals surface area contributed by atoms with Crippen molar-refractivity contribution in [2.45, 2.75) is 0 Å². The van der Waals surface area contributed by atoms with Crippen LogP contribution in [0.5, 0.6) is 0 Å². The van der Waals surface area contributed by atoms with E-state index < -0.39 is 0 Å². The molecule has 0 aliphatic rings. The summed E-state index contributed by atoms with van der Waals surface area (Å²) >= 11 is 9.40. The summed E-state index contributed by atoms with van der Waals surface area (Å²) in [5.74, 6) is 0. The first-order valence-corrected chi connectivity index (χ1v) is 4.90. The van der Waals surface area contributed by atoms with Crippen LogP contribution < -0.4 is 0 Å². The predicted molar refractivity (Wildman–Crippen MR) is 56.7 cm³/mol. The third-order valence-corrected chi connectivity index (χ3v) is 2.66. The summed E-state index contributed by atoms with van der Waals surface area (Å²) in [6.07, 6.45) is 1.78. The van der Waals surface area contributed by atoms with Crippen LogP contribution in [0.2, 0.25) is 5.02 Å². The van der Waals surface area contributed by atoms with E-state index in [2.05, 4.69) is 26.1 Å². The van der Waals surface area contributed by atoms with Crippen molar-refractivity contribution in [1.29, 1.82) is 0 Å². The van der Waals surface area contributed by atoms with Crippen LogP contribution >= 0.6 is 27.5 Å². The molecule has 0 saturated heterocycles. The summed E-state index contributed by atoms with van der Waals surface area (Å²) in [6, 6.07) is 7.61. The number of hydrogen-bond donors (Lipinski definition) is 1. The zero-order chi connectivity index (χ0) is 9.26. The van der Waals surface area contributed by atoms with Gasteiger partial charge in [0.05, 0.1) is 9.50 Å². The molecule has 1 N–H and O–H groups in total. The Hall–Kier alpha value is -0.800. The van der Waals surface area contributed by atoms with E-state index in [4.69, 9.17) is 11.6 Å². The first kappa shape index (κ1) is 8.78. The van der Waals surface area contributed by atoms with Crippen LogP contribution in [0.4, 0.5) is 0 Å². The summed E-state index contributed by atoms with van der Waals surface area (Å²) in [4.78, 5) is 0. The van der Waals surface area contributed by atoms with Crippen molar-refractivity contribution in [2.75, 3.05) is 0 Å². The Labute approximate surface area is 89.1 Å². The molecule has 1 aromatic heterocycles. The first-order chi connectivity index (χ1) is 6.29. The van der Waals surface area contributed by atoms with Crippen LogP contribution in [-0.2, 0) is 0 Å². The number of rotatable bonds is 1. The highest BCUT2D eigenvalue weighted by Crippen LogP contribution is 2.30. The van der Waals surface area contributed by atoms with Crippen molar-refractivity contribution in [3.8, 4) is 11.3 Å². The summed E-state index contributed by atoms with van der Waals surface area (Å²) < 4.78 is 0.917. The number of aromatic nitrogens is 2. The second kappa shape index (κ2) is 3.52. The first-order valence-electron chi connectivity index (χ1n) is 3.73. The summed E-state index contributed by atoms with van der Waals surface area (Å²) in [7, 11) is 0. The number of aromatic amines is 1. The maximum atomic E-state index is 6.01. The number of hydrogen-bond acceptors (Lipinski definition) is 1. The average Bonchev–Trinajstić information content (AvgIpc) is 2.52. The van der Waals surface area contributed by atoms with E-state index in [1.165, 1.54) is 0 Å². The molecule has 0 radical (unpaired) electrons. The average molecular weight is 258 g/mol. The molecule has 0 unspecified atom stereocenters. The van der Waals surface area contributed by atoms with Crippen molar-refractivity contribution in [3.63, 3.8) is 0 Å². The zero-order valence-corrected chi connectivity index (χ0v) is 8.93. The van der Waals surface area contributed by atoms with Gasteiger partial charge in [-0.25, -0.2) is 0 Å². The van der Waals surface area contributed by atoms with Gasteiger partial charge in [0.1, 0.15) is 5.69 Å². The lowest BCUT2D eigenvalue weighted by molar-refractivity contribution is 1.10. The predicted octanol–water partition coefficient (Wildman–Crippen LogP) is 3.49. The third kappa shape index (κ3) is 1.62. The highest BCUT2D eigenvalue weighted by Gasteiger charge is 2.08. The maximum absolute atomic E-state index is 6.01. The van der Waals surface area contributed by atoms with E-state index in [-0.39, 0.29) is 0 Å². The monoisotopic (exact) mass is 256 g/mol. The number of nitrogens with one attached hydrogen (secondary N) is 1. The summed E-state index contributed by atoms with van der Waals surface area (Å²) in [5.41, 5.74) is 1.77. The van der Waals surface area contributed by atoms with Crippen LogP contribution in [-0.4, -0.2) is 10.2 Å². The molecule has 0 bridgehead atoms. The minimum atomic E-state index is 0.704. The fraction of sp³-hybridized carbons (Fsp3) is 0. The molecule has 0 atom stereocenters. The fourth-order valence-corrected chi connectivity index (χ4v) is 1.75. The molecule has 0 aliphatic heterocycles. The van der Waals surface area contributed by atoms with E-state index in [1.54, 1.807) is 6.20 Å². The Bertz CT molecular complexity index is 425. The van der Waals surface area contributed by atoms with E-state index in [0.29, 0.717) is 5.02 Å². The Balaban J connectivity index is 2.59. The van der Waals surface area contributed by atoms with Gasteiger partial charge >= 0.3 is 0 Å². The van der Waals surface area contributed by atoms with Crippen LogP contribution in [0.1, 0.15) is 0 Å². The second-order valence-corrected chi connectivity index (χ2v) is 3.82. The molecule has 2 nitrogen and oxygen atoms in total. The van der Waals surface area contributed by atoms with E-state index in [0.717, 1.165) is 15.7 Å². The molecule has 0 amide bonds. The van der Waals surface area contributed by atoms with E-state index in [9.17, 15) is 0 Å². The van der Waals surface area contributed by atoms with Crippen LogP contribution in [0.15, 0.2) is 34.9 Å². The largest absolute Gasteiger partial charge is 0.284 e. The van der Waals surface area contributed by atoms with Crippen LogP contribution in [0.25, 0.3) is 11.3 Å². The SMILES string of the molecule is Clc1ccccc1-c1n[nH]cc1Br. The lowest BCUT2D eigenvalue weighted by Crippen LogP contribution is -1.79. The topological polar surface area (TPSA) is 28.7 Å². The van der Waals surface area contributed by atoms with Gasteiger partial charge in [0.2, 0.25) is 0 Å². The molecule has 1 heterocycles. The number of halogens is 2. The number of nitrogens with zero attached hydrogens (tertiary/aromatic N) is 1. The Morgan fingerprint density at radius 1 is 1.31 bits per heavy atom. The molecule has 0 aliphatic carbocycles. The van der Waals surface area contributed by atoms with Gasteiger partial charge in [0.15, 0.2) is 0 Å². The quantitative estimate of drug-likeness (QED) is 0.832. The minimum absolute atomic E-state index is 0.704. The Morgan fingerprint density at radius 2 is 2.08 bits per heavy atom. The molecular weight excluding hydrogens is 251 g/mol. The number of benzene rings is 1. The van der Waals surface area contributed by atoms with Gasteiger partial charge < -0.3 is 0 Å². The molecular formula is C9H6BrClN2. The molecule has 0 saturated carbocycles. The standard InChI is InChI=1S/C9H6BrClN2/c10-7-5-12-13-9(7)6-3-1-2-4-8(6)11/h1-5H,(H,12,13). The molecule has 4 heteroatoms. The summed E-state index contributed by atoms with van der Waals surface area (Å²) in [6.45, 7) is 0. The molecule has 13 heavy (non-hydrogen) atoms. The van der Waals surface area contributed by atoms with Gasteiger partial charge in [-0.3, -0.25) is 5.10 Å². The molecule has 2 aromatic rings. The summed E-state index contributed by atoms with van der Waals surface area (Å²) in [5, 5.41) is 7.56. The van der Waals surface area contributed by atoms with Crippen LogP contribution in [0.3, 0.4) is 0 Å². The van der Waals surface area contributed by atoms with Gasteiger partial charge in [-0.05, 0) is 22.0 Å². The number of H-pyrrole nitrogens is 1. The molecule has 2 rings (SSSR count). The zero-order valence-electron chi connectivity index (χ0n) is 6.59. The van der Waals surface area contributed by atoms with Gasteiger partial charge in [0.25, 0.3) is 0 Å². The highest BCUT2D eigenvalue weighted by atomic mass is 79.9. The smallest absolute Gasteiger partial charge is 0.108 e. The third-order valence-electron chi connectivity index (χ3n) is 1.72. The maximum Gasteiger partial charge on any atom is 0.108 e. The normalized spacial score (nSPS) is 10.3. The molecule has 66 valence electrons. The Kier molecular flexibility index (Phi) is 2.38. The highest BCUT2D eigenvalue weighted by molar-refractivity contribution is 9.10. The van der Waals surface area contributed by atoms with Gasteiger partial charge in [0, 0.05) is 11.8 Å². The van der Waals surface area contributed by atoms with Crippen LogP contribution in [0, 0.1) is 0 Å². The van der Waals surface area contributed by atoms with Crippen molar-refractivity contribution >= 4 is 27.5 Å². The minimum Gasteiger partial charge on any atom is -0.284 e. The van der Waals surface area contributed by atoms with Crippen molar-refractivity contribution < 1.29 is 0 Å².